The van der Waals surface area contributed by atoms with Crippen LogP contribution in [0.25, 0.3) is 0 Å². The van der Waals surface area contributed by atoms with Gasteiger partial charge in [0.2, 0.25) is 6.29 Å². The number of aliphatic hydroxyl groups excluding tert-OH is 3. The summed E-state index contributed by atoms with van der Waals surface area (Å²) in [5.74, 6) is -3.97. The summed E-state index contributed by atoms with van der Waals surface area (Å²) < 4.78 is 41.2. The number of ether oxygens (including phenoxy) is 7. The summed E-state index contributed by atoms with van der Waals surface area (Å²) in [7, 11) is 0. The molecule has 0 aromatic carbocycles. The molecule has 4 N–H and O–H groups in total. The summed E-state index contributed by atoms with van der Waals surface area (Å²) >= 11 is 0. The van der Waals surface area contributed by atoms with Gasteiger partial charge in [0.25, 0.3) is 0 Å². The summed E-state index contributed by atoms with van der Waals surface area (Å²) in [5.41, 5.74) is 0. The Bertz CT molecular complexity index is 1120. The van der Waals surface area contributed by atoms with Gasteiger partial charge in [-0.25, -0.2) is 0 Å². The number of unbranched alkanes of at least 4 members (excludes halogenated alkanes) is 9. The number of hydrogen-bond donors (Lipinski definition) is 4. The Morgan fingerprint density at radius 2 is 0.981 bits per heavy atom. The average molecular weight is 777 g/mol. The first-order valence-electron chi connectivity index (χ1n) is 19.8. The minimum absolute atomic E-state index is 0.0122. The molecule has 16 nitrogen and oxygen atoms in total. The maximum atomic E-state index is 13.3. The molecule has 0 unspecified atom stereocenters. The summed E-state index contributed by atoms with van der Waals surface area (Å²) in [6, 6.07) is 0. The fourth-order valence-electron chi connectivity index (χ4n) is 6.24. The van der Waals surface area contributed by atoms with E-state index in [-0.39, 0.29) is 44.9 Å². The van der Waals surface area contributed by atoms with Crippen LogP contribution < -0.4 is 0 Å². The molecule has 0 spiro atoms. The molecule has 9 atom stereocenters. The van der Waals surface area contributed by atoms with Crippen LogP contribution in [0.2, 0.25) is 0 Å². The summed E-state index contributed by atoms with van der Waals surface area (Å²) in [6.45, 7) is 4.70. The van der Waals surface area contributed by atoms with Crippen molar-refractivity contribution in [2.45, 2.75) is 198 Å². The van der Waals surface area contributed by atoms with E-state index in [0.29, 0.717) is 19.3 Å². The van der Waals surface area contributed by atoms with Crippen LogP contribution in [0.15, 0.2) is 0 Å². The van der Waals surface area contributed by atoms with Crippen molar-refractivity contribution >= 4 is 29.8 Å². The molecule has 2 aliphatic rings. The molecule has 0 radical (unpaired) electrons. The first-order valence-corrected chi connectivity index (χ1v) is 19.8. The third-order valence-electron chi connectivity index (χ3n) is 9.30. The van der Waals surface area contributed by atoms with E-state index in [4.69, 9.17) is 38.3 Å². The van der Waals surface area contributed by atoms with Gasteiger partial charge in [-0.3, -0.25) is 24.0 Å². The minimum atomic E-state index is -1.70. The zero-order valence-electron chi connectivity index (χ0n) is 32.2. The molecule has 2 fully saturated rings. The largest absolute Gasteiger partial charge is 0.481 e. The Kier molecular flexibility index (Phi) is 23.5. The van der Waals surface area contributed by atoms with Gasteiger partial charge in [-0.2, -0.15) is 0 Å². The molecule has 0 amide bonds. The van der Waals surface area contributed by atoms with Crippen molar-refractivity contribution in [3.63, 3.8) is 0 Å². The molecule has 0 aromatic heterocycles. The number of aliphatic hydroxyl groups is 3. The zero-order chi connectivity index (χ0) is 39.9. The molecular weight excluding hydrogens is 712 g/mol. The van der Waals surface area contributed by atoms with Gasteiger partial charge in [0.1, 0.15) is 12.2 Å². The highest BCUT2D eigenvalue weighted by molar-refractivity contribution is 5.73. The molecule has 0 saturated carbocycles. The smallest absolute Gasteiger partial charge is 0.306 e. The van der Waals surface area contributed by atoms with Crippen molar-refractivity contribution in [3.05, 3.63) is 0 Å². The minimum Gasteiger partial charge on any atom is -0.481 e. The third kappa shape index (κ3) is 17.3. The van der Waals surface area contributed by atoms with Crippen molar-refractivity contribution in [1.82, 2.24) is 0 Å². The van der Waals surface area contributed by atoms with Crippen LogP contribution in [0.5, 0.6) is 0 Å². The molecule has 16 heteroatoms. The van der Waals surface area contributed by atoms with Crippen molar-refractivity contribution in [2.75, 3.05) is 13.2 Å². The van der Waals surface area contributed by atoms with Gasteiger partial charge in [-0.15, -0.1) is 0 Å². The third-order valence-corrected chi connectivity index (χ3v) is 9.30. The predicted molar refractivity (Wildman–Crippen MR) is 190 cm³/mol. The van der Waals surface area contributed by atoms with Gasteiger partial charge >= 0.3 is 29.8 Å². The topological polar surface area (TPSA) is 231 Å². The lowest BCUT2D eigenvalue weighted by Gasteiger charge is -2.46. The van der Waals surface area contributed by atoms with Crippen LogP contribution in [-0.4, -0.2) is 119 Å². The van der Waals surface area contributed by atoms with Crippen molar-refractivity contribution in [2.24, 2.45) is 0 Å². The Balaban J connectivity index is 2.49. The zero-order valence-corrected chi connectivity index (χ0v) is 32.2. The molecule has 2 aliphatic heterocycles. The number of aliphatic carboxylic acids is 1. The Morgan fingerprint density at radius 3 is 1.46 bits per heavy atom. The van der Waals surface area contributed by atoms with Gasteiger partial charge in [0, 0.05) is 38.5 Å². The maximum Gasteiger partial charge on any atom is 0.306 e. The lowest BCUT2D eigenvalue weighted by molar-refractivity contribution is -0.367. The van der Waals surface area contributed by atoms with Crippen LogP contribution in [0, 0.1) is 0 Å². The number of carboxylic acid groups (broad SMARTS) is 1. The molecule has 0 aromatic rings. The van der Waals surface area contributed by atoms with E-state index in [1.165, 1.54) is 0 Å². The number of rotatable bonds is 27. The second-order valence-corrected chi connectivity index (χ2v) is 14.0. The lowest BCUT2D eigenvalue weighted by atomic mass is 9.97. The molecule has 312 valence electrons. The van der Waals surface area contributed by atoms with E-state index < -0.39 is 98.4 Å². The van der Waals surface area contributed by atoms with E-state index in [9.17, 15) is 39.3 Å². The second kappa shape index (κ2) is 26.8. The Morgan fingerprint density at radius 1 is 0.537 bits per heavy atom. The highest BCUT2D eigenvalue weighted by Crippen LogP contribution is 2.34. The molecule has 0 bridgehead atoms. The molecule has 0 aliphatic carbocycles. The van der Waals surface area contributed by atoms with Crippen LogP contribution in [0.4, 0.5) is 0 Å². The quantitative estimate of drug-likeness (QED) is 0.0525. The van der Waals surface area contributed by atoms with Crippen molar-refractivity contribution in [1.29, 1.82) is 0 Å². The first-order chi connectivity index (χ1) is 26.0. The van der Waals surface area contributed by atoms with Crippen LogP contribution in [0.3, 0.4) is 0 Å². The monoisotopic (exact) mass is 776 g/mol. The Labute approximate surface area is 318 Å². The number of hydrogen-bond acceptors (Lipinski definition) is 15. The fraction of sp³-hybridized carbons (Fsp3) is 0.868. The van der Waals surface area contributed by atoms with Crippen LogP contribution >= 0.6 is 0 Å². The van der Waals surface area contributed by atoms with E-state index in [0.717, 1.165) is 57.8 Å². The van der Waals surface area contributed by atoms with E-state index in [2.05, 4.69) is 0 Å². The van der Waals surface area contributed by atoms with Crippen LogP contribution in [-0.2, 0) is 57.1 Å². The fourth-order valence-corrected chi connectivity index (χ4v) is 6.24. The highest BCUT2D eigenvalue weighted by Gasteiger charge is 2.54. The second-order valence-electron chi connectivity index (χ2n) is 14.0. The molecule has 2 heterocycles. The molecule has 2 saturated heterocycles. The van der Waals surface area contributed by atoms with Crippen LogP contribution in [0.1, 0.15) is 143 Å². The standard InChI is InChI=1S/C38H64O16/c1-4-7-10-13-18-30(44)48-26-22-25(41)27(23-39)49-37(26)54-38-36(53-33(47)21-16-17-29(42)43)35(52-32(46)20-15-12-9-6-3)34(28(24-40)50-38)51-31(45)19-14-11-8-5-2/h25-28,34-41H,4-24H2,1-3H3,(H,42,43)/t25-,26+,27+,28+,34+,35-,36+,37+,38+/m0/s1. The van der Waals surface area contributed by atoms with Crippen molar-refractivity contribution < 1.29 is 77.6 Å². The number of esters is 4. The van der Waals surface area contributed by atoms with Gasteiger partial charge in [-0.1, -0.05) is 78.6 Å². The lowest BCUT2D eigenvalue weighted by Crippen LogP contribution is -2.64. The predicted octanol–water partition coefficient (Wildman–Crippen LogP) is 4.00. The summed E-state index contributed by atoms with van der Waals surface area (Å²) in [6.07, 6.45) is -4.25. The van der Waals surface area contributed by atoms with Gasteiger partial charge in [-0.05, 0) is 25.7 Å². The molecule has 54 heavy (non-hydrogen) atoms. The summed E-state index contributed by atoms with van der Waals surface area (Å²) in [4.78, 5) is 63.5. The maximum absolute atomic E-state index is 13.3. The molecule has 2 rings (SSSR count). The molecular formula is C38H64O16. The SMILES string of the molecule is CCCCCCC(=O)O[C@@H]1[C@@H](OC(=O)CCCC(=O)O)[C@@H](O[C@H]2O[C@H](CO)[C@@H](O)C[C@H]2OC(=O)CCCCCC)O[C@H](CO)[C@H]1OC(=O)CCCCCC. The van der Waals surface area contributed by atoms with Gasteiger partial charge < -0.3 is 53.6 Å². The van der Waals surface area contributed by atoms with Gasteiger partial charge in [0.15, 0.2) is 30.7 Å². The van der Waals surface area contributed by atoms with E-state index in [1.54, 1.807) is 0 Å². The van der Waals surface area contributed by atoms with E-state index >= 15 is 0 Å². The number of carboxylic acids is 1. The Hall–Kier alpha value is -2.89. The average Bonchev–Trinajstić information content (AvgIpc) is 3.13. The normalized spacial score (nSPS) is 26.8. The van der Waals surface area contributed by atoms with E-state index in [1.807, 2.05) is 20.8 Å². The first kappa shape index (κ1) is 47.3. The van der Waals surface area contributed by atoms with Gasteiger partial charge in [0.05, 0.1) is 19.3 Å². The highest BCUT2D eigenvalue weighted by atomic mass is 16.8. The summed E-state index contributed by atoms with van der Waals surface area (Å²) in [5, 5.41) is 40.1. The number of carbonyl (C=O) groups is 5. The van der Waals surface area contributed by atoms with Crippen molar-refractivity contribution in [3.8, 4) is 0 Å². The number of carbonyl (C=O) groups excluding carboxylic acids is 4.